The van der Waals surface area contributed by atoms with Crippen LogP contribution in [0.25, 0.3) is 0 Å². The molecule has 0 aromatic rings. The number of nitrogens with zero attached hydrogens (tertiary/aromatic N) is 1. The van der Waals surface area contributed by atoms with E-state index in [0.717, 1.165) is 19.3 Å². The fourth-order valence-corrected chi connectivity index (χ4v) is 3.91. The third-order valence-electron chi connectivity index (χ3n) is 3.41. The molecule has 2 fully saturated rings. The predicted molar refractivity (Wildman–Crippen MR) is 72.2 cm³/mol. The maximum atomic E-state index is 12.3. The van der Waals surface area contributed by atoms with Crippen LogP contribution in [0.1, 0.15) is 26.2 Å². The molecule has 0 saturated carbocycles. The van der Waals surface area contributed by atoms with Crippen LogP contribution in [-0.4, -0.2) is 58.4 Å². The van der Waals surface area contributed by atoms with Gasteiger partial charge in [-0.3, -0.25) is 4.90 Å². The van der Waals surface area contributed by atoms with Crippen LogP contribution in [0.4, 0.5) is 4.79 Å². The SMILES string of the molecule is CCCC1SCC(C(=O)O)N1C(=O)NC1CCOC1. The Balaban J connectivity index is 2.01. The zero-order valence-electron chi connectivity index (χ0n) is 11.0. The molecule has 108 valence electrons. The highest BCUT2D eigenvalue weighted by atomic mass is 32.2. The first-order valence-corrected chi connectivity index (χ1v) is 7.69. The second-order valence-electron chi connectivity index (χ2n) is 4.85. The maximum absolute atomic E-state index is 12.3. The van der Waals surface area contributed by atoms with Gasteiger partial charge in [-0.2, -0.15) is 0 Å². The summed E-state index contributed by atoms with van der Waals surface area (Å²) >= 11 is 1.55. The van der Waals surface area contributed by atoms with Gasteiger partial charge in [0.15, 0.2) is 0 Å². The molecule has 2 heterocycles. The third kappa shape index (κ3) is 3.33. The number of aliphatic carboxylic acids is 1. The van der Waals surface area contributed by atoms with E-state index in [1.165, 1.54) is 4.90 Å². The highest BCUT2D eigenvalue weighted by Crippen LogP contribution is 2.32. The molecule has 0 aromatic heterocycles. The van der Waals surface area contributed by atoms with Crippen molar-refractivity contribution in [2.24, 2.45) is 0 Å². The lowest BCUT2D eigenvalue weighted by atomic mass is 10.2. The van der Waals surface area contributed by atoms with E-state index in [4.69, 9.17) is 4.74 Å². The number of hydrogen-bond acceptors (Lipinski definition) is 4. The maximum Gasteiger partial charge on any atom is 0.327 e. The van der Waals surface area contributed by atoms with Gasteiger partial charge in [-0.05, 0) is 12.8 Å². The Morgan fingerprint density at radius 1 is 1.53 bits per heavy atom. The predicted octanol–water partition coefficient (Wildman–Crippen LogP) is 1.11. The van der Waals surface area contributed by atoms with E-state index in [0.29, 0.717) is 19.0 Å². The minimum atomic E-state index is -0.927. The lowest BCUT2D eigenvalue weighted by Gasteiger charge is -2.28. The Morgan fingerprint density at radius 3 is 2.89 bits per heavy atom. The summed E-state index contributed by atoms with van der Waals surface area (Å²) in [6, 6.07) is -0.981. The first kappa shape index (κ1) is 14.5. The Kier molecular flexibility index (Phi) is 4.93. The molecule has 3 atom stereocenters. The number of ether oxygens (including phenoxy) is 1. The molecule has 0 radical (unpaired) electrons. The van der Waals surface area contributed by atoms with Gasteiger partial charge in [-0.15, -0.1) is 11.8 Å². The topological polar surface area (TPSA) is 78.9 Å². The number of rotatable bonds is 4. The van der Waals surface area contributed by atoms with E-state index in [1.54, 1.807) is 11.8 Å². The zero-order valence-corrected chi connectivity index (χ0v) is 11.8. The summed E-state index contributed by atoms with van der Waals surface area (Å²) in [4.78, 5) is 25.0. The molecule has 0 spiro atoms. The summed E-state index contributed by atoms with van der Waals surface area (Å²) in [5, 5.41) is 12.1. The summed E-state index contributed by atoms with van der Waals surface area (Å²) in [5.74, 6) is -0.460. The minimum Gasteiger partial charge on any atom is -0.480 e. The largest absolute Gasteiger partial charge is 0.480 e. The van der Waals surface area contributed by atoms with Crippen molar-refractivity contribution in [2.75, 3.05) is 19.0 Å². The van der Waals surface area contributed by atoms with E-state index in [9.17, 15) is 14.7 Å². The Labute approximate surface area is 116 Å². The van der Waals surface area contributed by atoms with Gasteiger partial charge in [0.2, 0.25) is 0 Å². The standard InChI is InChI=1S/C12H20N2O4S/c1-2-3-10-14(9(7-19-10)11(15)16)12(17)13-8-4-5-18-6-8/h8-10H,2-7H2,1H3,(H,13,17)(H,15,16). The minimum absolute atomic E-state index is 0.00909. The monoisotopic (exact) mass is 288 g/mol. The number of amides is 2. The van der Waals surface area contributed by atoms with Crippen molar-refractivity contribution in [1.82, 2.24) is 10.2 Å². The number of nitrogens with one attached hydrogen (secondary N) is 1. The van der Waals surface area contributed by atoms with Crippen LogP contribution >= 0.6 is 11.8 Å². The summed E-state index contributed by atoms with van der Waals surface area (Å²) in [7, 11) is 0. The average molecular weight is 288 g/mol. The first-order chi connectivity index (χ1) is 9.13. The molecule has 6 nitrogen and oxygen atoms in total. The van der Waals surface area contributed by atoms with E-state index in [1.807, 2.05) is 6.92 Å². The van der Waals surface area contributed by atoms with Gasteiger partial charge in [0, 0.05) is 12.4 Å². The summed E-state index contributed by atoms with van der Waals surface area (Å²) < 4.78 is 5.21. The number of carboxylic acid groups (broad SMARTS) is 1. The van der Waals surface area contributed by atoms with Crippen LogP contribution in [0, 0.1) is 0 Å². The Hall–Kier alpha value is -0.950. The quantitative estimate of drug-likeness (QED) is 0.810. The molecule has 2 N–H and O–H groups in total. The zero-order chi connectivity index (χ0) is 13.8. The molecule has 0 aliphatic carbocycles. The average Bonchev–Trinajstić information content (AvgIpc) is 2.98. The van der Waals surface area contributed by atoms with Crippen molar-refractivity contribution in [3.05, 3.63) is 0 Å². The molecule has 2 saturated heterocycles. The van der Waals surface area contributed by atoms with Crippen LogP contribution in [0.5, 0.6) is 0 Å². The second-order valence-corrected chi connectivity index (χ2v) is 6.06. The number of carboxylic acids is 1. The van der Waals surface area contributed by atoms with Crippen LogP contribution < -0.4 is 5.32 Å². The molecule has 7 heteroatoms. The Bertz CT molecular complexity index is 347. The van der Waals surface area contributed by atoms with E-state index < -0.39 is 12.0 Å². The van der Waals surface area contributed by atoms with Crippen LogP contribution in [0.15, 0.2) is 0 Å². The van der Waals surface area contributed by atoms with Crippen molar-refractivity contribution in [1.29, 1.82) is 0 Å². The van der Waals surface area contributed by atoms with Crippen LogP contribution in [0.3, 0.4) is 0 Å². The lowest BCUT2D eigenvalue weighted by molar-refractivity contribution is -0.141. The molecular weight excluding hydrogens is 268 g/mol. The van der Waals surface area contributed by atoms with Crippen LogP contribution in [0.2, 0.25) is 0 Å². The Morgan fingerprint density at radius 2 is 2.32 bits per heavy atom. The number of carbonyl (C=O) groups is 2. The molecule has 2 amide bonds. The number of urea groups is 1. The lowest BCUT2D eigenvalue weighted by Crippen LogP contribution is -2.52. The number of hydrogen-bond donors (Lipinski definition) is 2. The highest BCUT2D eigenvalue weighted by Gasteiger charge is 2.41. The van der Waals surface area contributed by atoms with Crippen molar-refractivity contribution in [2.45, 2.75) is 43.6 Å². The fraction of sp³-hybridized carbons (Fsp3) is 0.833. The fourth-order valence-electron chi connectivity index (χ4n) is 2.39. The molecular formula is C12H20N2O4S. The smallest absolute Gasteiger partial charge is 0.327 e. The van der Waals surface area contributed by atoms with Gasteiger partial charge in [0.05, 0.1) is 18.0 Å². The number of thioether (sulfide) groups is 1. The van der Waals surface area contributed by atoms with Crippen LogP contribution in [-0.2, 0) is 9.53 Å². The molecule has 19 heavy (non-hydrogen) atoms. The van der Waals surface area contributed by atoms with Crippen molar-refractivity contribution in [3.63, 3.8) is 0 Å². The van der Waals surface area contributed by atoms with Crippen molar-refractivity contribution >= 4 is 23.8 Å². The second kappa shape index (κ2) is 6.47. The molecule has 2 aliphatic heterocycles. The molecule has 2 aliphatic rings. The normalized spacial score (nSPS) is 30.6. The summed E-state index contributed by atoms with van der Waals surface area (Å²) in [5.41, 5.74) is 0. The van der Waals surface area contributed by atoms with Crippen molar-refractivity contribution < 1.29 is 19.4 Å². The number of carbonyl (C=O) groups excluding carboxylic acids is 1. The molecule has 3 unspecified atom stereocenters. The first-order valence-electron chi connectivity index (χ1n) is 6.64. The summed E-state index contributed by atoms with van der Waals surface area (Å²) in [6.45, 7) is 3.21. The van der Waals surface area contributed by atoms with Gasteiger partial charge in [-0.25, -0.2) is 9.59 Å². The van der Waals surface area contributed by atoms with Gasteiger partial charge in [-0.1, -0.05) is 13.3 Å². The summed E-state index contributed by atoms with van der Waals surface area (Å²) in [6.07, 6.45) is 2.55. The van der Waals surface area contributed by atoms with Gasteiger partial charge in [0.25, 0.3) is 0 Å². The van der Waals surface area contributed by atoms with Gasteiger partial charge < -0.3 is 15.2 Å². The van der Waals surface area contributed by atoms with Gasteiger partial charge >= 0.3 is 12.0 Å². The molecule has 0 aromatic carbocycles. The van der Waals surface area contributed by atoms with Gasteiger partial charge in [0.1, 0.15) is 6.04 Å². The molecule has 2 rings (SSSR count). The van der Waals surface area contributed by atoms with E-state index in [-0.39, 0.29) is 17.4 Å². The van der Waals surface area contributed by atoms with E-state index in [2.05, 4.69) is 5.32 Å². The van der Waals surface area contributed by atoms with E-state index >= 15 is 0 Å². The van der Waals surface area contributed by atoms with Crippen molar-refractivity contribution in [3.8, 4) is 0 Å². The highest BCUT2D eigenvalue weighted by molar-refractivity contribution is 8.00. The molecule has 0 bridgehead atoms. The third-order valence-corrected chi connectivity index (χ3v) is 4.76.